The molecule has 1 aromatic rings. The minimum absolute atomic E-state index is 0.191. The molecule has 1 rings (SSSR count). The van der Waals surface area contributed by atoms with Crippen molar-refractivity contribution in [2.24, 2.45) is 0 Å². The van der Waals surface area contributed by atoms with Crippen LogP contribution in [0.25, 0.3) is 0 Å². The number of carboxylic acid groups (broad SMARTS) is 1. The van der Waals surface area contributed by atoms with Crippen LogP contribution >= 0.6 is 31.9 Å². The molecule has 3 nitrogen and oxygen atoms in total. The van der Waals surface area contributed by atoms with Gasteiger partial charge in [0.15, 0.2) is 0 Å². The summed E-state index contributed by atoms with van der Waals surface area (Å²) in [5, 5.41) is 10.7. The molecule has 0 aromatic heterocycles. The zero-order chi connectivity index (χ0) is 23.6. The standard InChI is InChI=1S/C27H42Br2O3/c1-3-4-5-6-7-8-9-10-11-15-18-23-20-24(28)21-25(29)26(23)32-19-16-13-12-14-17-22(2)27(30)31/h20-21H,2-19H2,1H3,(H,30,31)/p-1. The van der Waals surface area contributed by atoms with Crippen LogP contribution in [0.15, 0.2) is 33.2 Å². The molecule has 0 saturated carbocycles. The maximum Gasteiger partial charge on any atom is 0.136 e. The van der Waals surface area contributed by atoms with Gasteiger partial charge in [0.2, 0.25) is 0 Å². The maximum atomic E-state index is 10.7. The van der Waals surface area contributed by atoms with Crippen molar-refractivity contribution < 1.29 is 14.6 Å². The number of aliphatic carboxylic acids is 1. The van der Waals surface area contributed by atoms with Crippen molar-refractivity contribution in [1.82, 2.24) is 0 Å². The molecule has 5 heteroatoms. The number of halogens is 2. The lowest BCUT2D eigenvalue weighted by Gasteiger charge is -2.14. The van der Waals surface area contributed by atoms with Gasteiger partial charge in [0.1, 0.15) is 5.75 Å². The van der Waals surface area contributed by atoms with Gasteiger partial charge in [0.05, 0.1) is 17.0 Å². The Labute approximate surface area is 212 Å². The number of carbonyl (C=O) groups is 1. The molecule has 0 heterocycles. The van der Waals surface area contributed by atoms with Crippen molar-refractivity contribution in [1.29, 1.82) is 0 Å². The van der Waals surface area contributed by atoms with Gasteiger partial charge in [0.25, 0.3) is 0 Å². The van der Waals surface area contributed by atoms with Gasteiger partial charge in [0, 0.05) is 4.47 Å². The number of carboxylic acids is 1. The molecular weight excluding hydrogens is 532 g/mol. The highest BCUT2D eigenvalue weighted by Crippen LogP contribution is 2.34. The number of carbonyl (C=O) groups excluding carboxylic acids is 1. The number of aryl methyl sites for hydroxylation is 1. The largest absolute Gasteiger partial charge is 0.545 e. The van der Waals surface area contributed by atoms with Crippen LogP contribution in [0.2, 0.25) is 0 Å². The van der Waals surface area contributed by atoms with Gasteiger partial charge < -0.3 is 14.6 Å². The molecule has 0 aliphatic carbocycles. The average Bonchev–Trinajstić information content (AvgIpc) is 2.75. The Kier molecular flexibility index (Phi) is 17.0. The third-order valence-electron chi connectivity index (χ3n) is 5.79. The molecular formula is C27H41Br2O3-. The second-order valence-corrected chi connectivity index (χ2v) is 10.5. The highest BCUT2D eigenvalue weighted by Gasteiger charge is 2.10. The van der Waals surface area contributed by atoms with Crippen LogP contribution in [-0.4, -0.2) is 12.6 Å². The molecule has 1 aromatic carbocycles. The summed E-state index contributed by atoms with van der Waals surface area (Å²) < 4.78 is 8.22. The first-order valence-corrected chi connectivity index (χ1v) is 14.0. The van der Waals surface area contributed by atoms with Crippen molar-refractivity contribution in [3.63, 3.8) is 0 Å². The highest BCUT2D eigenvalue weighted by molar-refractivity contribution is 9.11. The van der Waals surface area contributed by atoms with E-state index in [4.69, 9.17) is 4.74 Å². The smallest absolute Gasteiger partial charge is 0.136 e. The molecule has 0 unspecified atom stereocenters. The Morgan fingerprint density at radius 3 is 2.06 bits per heavy atom. The summed E-state index contributed by atoms with van der Waals surface area (Å²) in [6.07, 6.45) is 18.7. The topological polar surface area (TPSA) is 49.4 Å². The lowest BCUT2D eigenvalue weighted by molar-refractivity contribution is -0.299. The molecule has 0 atom stereocenters. The molecule has 0 fully saturated rings. The van der Waals surface area contributed by atoms with E-state index in [-0.39, 0.29) is 5.57 Å². The van der Waals surface area contributed by atoms with Crippen LogP contribution in [0.3, 0.4) is 0 Å². The van der Waals surface area contributed by atoms with E-state index in [0.29, 0.717) is 13.0 Å². The molecule has 0 aliphatic heterocycles. The monoisotopic (exact) mass is 571 g/mol. The van der Waals surface area contributed by atoms with Crippen molar-refractivity contribution in [2.45, 2.75) is 110 Å². The minimum atomic E-state index is -1.14. The molecule has 32 heavy (non-hydrogen) atoms. The summed E-state index contributed by atoms with van der Waals surface area (Å²) in [6.45, 7) is 6.46. The van der Waals surface area contributed by atoms with E-state index in [1.54, 1.807) is 0 Å². The lowest BCUT2D eigenvalue weighted by atomic mass is 10.0. The van der Waals surface area contributed by atoms with E-state index in [0.717, 1.165) is 46.8 Å². The third kappa shape index (κ3) is 13.7. The molecule has 0 aliphatic rings. The number of benzene rings is 1. The molecule has 0 amide bonds. The van der Waals surface area contributed by atoms with Crippen LogP contribution in [0.4, 0.5) is 0 Å². The molecule has 0 bridgehead atoms. The predicted molar refractivity (Wildman–Crippen MR) is 140 cm³/mol. The van der Waals surface area contributed by atoms with Gasteiger partial charge in [-0.2, -0.15) is 0 Å². The van der Waals surface area contributed by atoms with Gasteiger partial charge in [-0.05, 0) is 71.3 Å². The number of ether oxygens (including phenoxy) is 1. The van der Waals surface area contributed by atoms with Crippen molar-refractivity contribution in [2.75, 3.05) is 6.61 Å². The number of rotatable bonds is 20. The Balaban J connectivity index is 2.27. The van der Waals surface area contributed by atoms with Crippen LogP contribution in [0.1, 0.15) is 109 Å². The van der Waals surface area contributed by atoms with Crippen molar-refractivity contribution in [3.05, 3.63) is 38.8 Å². The van der Waals surface area contributed by atoms with Crippen LogP contribution < -0.4 is 9.84 Å². The quantitative estimate of drug-likeness (QED) is 0.116. The predicted octanol–water partition coefficient (Wildman–Crippen LogP) is 8.31. The Morgan fingerprint density at radius 2 is 1.44 bits per heavy atom. The van der Waals surface area contributed by atoms with E-state index >= 15 is 0 Å². The summed E-state index contributed by atoms with van der Waals surface area (Å²) in [6, 6.07) is 4.22. The summed E-state index contributed by atoms with van der Waals surface area (Å²) in [7, 11) is 0. The van der Waals surface area contributed by atoms with Crippen LogP contribution in [0.5, 0.6) is 5.75 Å². The zero-order valence-corrected chi connectivity index (χ0v) is 23.0. The van der Waals surface area contributed by atoms with Crippen LogP contribution in [0, 0.1) is 0 Å². The van der Waals surface area contributed by atoms with E-state index in [9.17, 15) is 9.90 Å². The third-order valence-corrected chi connectivity index (χ3v) is 6.84. The zero-order valence-electron chi connectivity index (χ0n) is 19.9. The van der Waals surface area contributed by atoms with E-state index in [2.05, 4.69) is 51.4 Å². The van der Waals surface area contributed by atoms with E-state index in [1.807, 2.05) is 6.07 Å². The maximum absolute atomic E-state index is 10.7. The van der Waals surface area contributed by atoms with E-state index in [1.165, 1.54) is 69.8 Å². The number of hydrogen-bond donors (Lipinski definition) is 0. The fourth-order valence-corrected chi connectivity index (χ4v) is 5.26. The minimum Gasteiger partial charge on any atom is -0.545 e. The first-order chi connectivity index (χ1) is 15.5. The Morgan fingerprint density at radius 1 is 0.875 bits per heavy atom. The molecule has 182 valence electrons. The molecule has 0 spiro atoms. The number of hydrogen-bond acceptors (Lipinski definition) is 3. The average molecular weight is 573 g/mol. The summed E-state index contributed by atoms with van der Waals surface area (Å²) >= 11 is 7.27. The first kappa shape index (κ1) is 29.2. The van der Waals surface area contributed by atoms with Gasteiger partial charge >= 0.3 is 0 Å². The van der Waals surface area contributed by atoms with E-state index < -0.39 is 5.97 Å². The van der Waals surface area contributed by atoms with Crippen molar-refractivity contribution >= 4 is 37.8 Å². The summed E-state index contributed by atoms with van der Waals surface area (Å²) in [4.78, 5) is 10.7. The fourth-order valence-electron chi connectivity index (χ4n) is 3.83. The second kappa shape index (κ2) is 18.6. The normalized spacial score (nSPS) is 11.0. The van der Waals surface area contributed by atoms with Gasteiger partial charge in [-0.3, -0.25) is 0 Å². The van der Waals surface area contributed by atoms with Gasteiger partial charge in [-0.25, -0.2) is 0 Å². The summed E-state index contributed by atoms with van der Waals surface area (Å²) in [5.74, 6) is -0.169. The molecule has 0 radical (unpaired) electrons. The van der Waals surface area contributed by atoms with Gasteiger partial charge in [-0.1, -0.05) is 100 Å². The Bertz CT molecular complexity index is 673. The van der Waals surface area contributed by atoms with Crippen molar-refractivity contribution in [3.8, 4) is 5.75 Å². The SMILES string of the molecule is C=C(CCCCCCOc1c(Br)cc(Br)cc1CCCCCCCCCCCC)C(=O)[O-]. The highest BCUT2D eigenvalue weighted by atomic mass is 79.9. The lowest BCUT2D eigenvalue weighted by Crippen LogP contribution is -2.23. The fraction of sp³-hybridized carbons (Fsp3) is 0.667. The first-order valence-electron chi connectivity index (χ1n) is 12.5. The van der Waals surface area contributed by atoms with Gasteiger partial charge in [-0.15, -0.1) is 0 Å². The molecule has 0 N–H and O–H groups in total. The Hall–Kier alpha value is -0.810. The summed E-state index contributed by atoms with van der Waals surface area (Å²) in [5.41, 5.74) is 1.45. The second-order valence-electron chi connectivity index (χ2n) is 8.71. The van der Waals surface area contributed by atoms with Crippen LogP contribution in [-0.2, 0) is 11.2 Å². The number of unbranched alkanes of at least 4 members (excludes halogenated alkanes) is 12. The molecule has 0 saturated heterocycles.